The number of methoxy groups -OCH3 is 1. The van der Waals surface area contributed by atoms with Gasteiger partial charge in [0.15, 0.2) is 0 Å². The lowest BCUT2D eigenvalue weighted by Gasteiger charge is -2.41. The van der Waals surface area contributed by atoms with Gasteiger partial charge >= 0.3 is 0 Å². The number of benzene rings is 1. The molecule has 0 spiro atoms. The molecule has 6 heteroatoms. The standard InChI is InChI=1S/C23H34N2O3S/c1-24(2)21-9-17-12-25(13-18(17)10-22(21)28-14-16-7-8-16)23(26)15-29-20-6-4-5-19(11-20)27-3/h4-6,11,16-18,21-22H,7-10,12-15H2,1-3H3/t17-,18+,21-,22-/m1/s1. The first-order valence-electron chi connectivity index (χ1n) is 10.9. The highest BCUT2D eigenvalue weighted by atomic mass is 32.2. The summed E-state index contributed by atoms with van der Waals surface area (Å²) in [6.07, 6.45) is 5.21. The second-order valence-corrected chi connectivity index (χ2v) is 10.2. The van der Waals surface area contributed by atoms with Crippen LogP contribution in [-0.2, 0) is 9.53 Å². The highest BCUT2D eigenvalue weighted by Gasteiger charge is 2.44. The number of amides is 1. The number of likely N-dealkylation sites (tertiary alicyclic amines) is 1. The summed E-state index contributed by atoms with van der Waals surface area (Å²) >= 11 is 1.60. The summed E-state index contributed by atoms with van der Waals surface area (Å²) in [6.45, 7) is 2.72. The summed E-state index contributed by atoms with van der Waals surface area (Å²) in [7, 11) is 6.01. The quantitative estimate of drug-likeness (QED) is 0.606. The van der Waals surface area contributed by atoms with Gasteiger partial charge in [-0.15, -0.1) is 11.8 Å². The summed E-state index contributed by atoms with van der Waals surface area (Å²) in [5.74, 6) is 3.57. The Morgan fingerprint density at radius 1 is 1.21 bits per heavy atom. The van der Waals surface area contributed by atoms with Crippen molar-refractivity contribution < 1.29 is 14.3 Å². The molecular weight excluding hydrogens is 384 g/mol. The number of nitrogens with zero attached hydrogens (tertiary/aromatic N) is 2. The van der Waals surface area contributed by atoms with E-state index >= 15 is 0 Å². The molecule has 1 aromatic carbocycles. The van der Waals surface area contributed by atoms with Gasteiger partial charge in [0.05, 0.1) is 19.0 Å². The zero-order chi connectivity index (χ0) is 20.4. The lowest BCUT2D eigenvalue weighted by atomic mass is 9.77. The van der Waals surface area contributed by atoms with Gasteiger partial charge in [0, 0.05) is 30.6 Å². The number of ether oxygens (including phenoxy) is 2. The molecule has 5 nitrogen and oxygen atoms in total. The summed E-state index contributed by atoms with van der Waals surface area (Å²) in [4.78, 5) is 18.4. The fourth-order valence-electron chi connectivity index (χ4n) is 4.79. The van der Waals surface area contributed by atoms with Gasteiger partial charge in [0.25, 0.3) is 0 Å². The highest BCUT2D eigenvalue weighted by molar-refractivity contribution is 8.00. The van der Waals surface area contributed by atoms with E-state index in [0.717, 1.165) is 49.1 Å². The summed E-state index contributed by atoms with van der Waals surface area (Å²) in [5, 5.41) is 0. The van der Waals surface area contributed by atoms with Crippen molar-refractivity contribution in [2.45, 2.75) is 42.7 Å². The topological polar surface area (TPSA) is 42.0 Å². The number of carbonyl (C=O) groups is 1. The first-order chi connectivity index (χ1) is 14.0. The molecule has 1 heterocycles. The zero-order valence-electron chi connectivity index (χ0n) is 17.9. The zero-order valence-corrected chi connectivity index (χ0v) is 18.7. The molecule has 0 aromatic heterocycles. The van der Waals surface area contributed by atoms with E-state index in [2.05, 4.69) is 23.9 Å². The Balaban J connectivity index is 1.31. The van der Waals surface area contributed by atoms with Crippen LogP contribution in [0.1, 0.15) is 25.7 Å². The van der Waals surface area contributed by atoms with E-state index in [1.54, 1.807) is 18.9 Å². The van der Waals surface area contributed by atoms with Gasteiger partial charge in [-0.3, -0.25) is 4.79 Å². The van der Waals surface area contributed by atoms with Gasteiger partial charge in [-0.1, -0.05) is 6.07 Å². The largest absolute Gasteiger partial charge is 0.497 e. The molecule has 3 fully saturated rings. The van der Waals surface area contributed by atoms with Crippen molar-refractivity contribution in [3.63, 3.8) is 0 Å². The maximum atomic E-state index is 12.9. The Hall–Kier alpha value is -1.24. The Kier molecular flexibility index (Phi) is 6.72. The van der Waals surface area contributed by atoms with Gasteiger partial charge in [-0.05, 0) is 75.7 Å². The molecule has 3 aliphatic rings. The Morgan fingerprint density at radius 2 is 1.97 bits per heavy atom. The van der Waals surface area contributed by atoms with Crippen molar-refractivity contribution in [2.24, 2.45) is 17.8 Å². The molecule has 0 unspecified atom stereocenters. The number of thioether (sulfide) groups is 1. The van der Waals surface area contributed by atoms with Crippen LogP contribution in [0.4, 0.5) is 0 Å². The molecule has 1 aliphatic heterocycles. The fraction of sp³-hybridized carbons (Fsp3) is 0.696. The van der Waals surface area contributed by atoms with Gasteiger partial charge in [0.2, 0.25) is 5.91 Å². The SMILES string of the molecule is COc1cccc(SCC(=O)N2C[C@H]3C[C@@H](N(C)C)[C@H](OCC4CC4)C[C@H]3C2)c1. The average molecular weight is 419 g/mol. The average Bonchev–Trinajstić information content (AvgIpc) is 3.46. The summed E-state index contributed by atoms with van der Waals surface area (Å²) in [6, 6.07) is 8.40. The lowest BCUT2D eigenvalue weighted by Crippen LogP contribution is -2.48. The minimum atomic E-state index is 0.254. The Labute approximate surface area is 179 Å². The van der Waals surface area contributed by atoms with Crippen LogP contribution in [0.5, 0.6) is 5.75 Å². The third-order valence-corrected chi connectivity index (χ3v) is 7.73. The van der Waals surface area contributed by atoms with E-state index in [4.69, 9.17) is 9.47 Å². The molecule has 160 valence electrons. The van der Waals surface area contributed by atoms with E-state index in [-0.39, 0.29) is 5.91 Å². The van der Waals surface area contributed by atoms with Crippen molar-refractivity contribution in [1.29, 1.82) is 0 Å². The number of fused-ring (bicyclic) bond motifs is 1. The van der Waals surface area contributed by atoms with E-state index in [0.29, 0.717) is 29.7 Å². The molecule has 1 amide bonds. The Bertz CT molecular complexity index is 709. The third-order valence-electron chi connectivity index (χ3n) is 6.75. The van der Waals surface area contributed by atoms with Crippen LogP contribution >= 0.6 is 11.8 Å². The van der Waals surface area contributed by atoms with Crippen LogP contribution in [0.3, 0.4) is 0 Å². The van der Waals surface area contributed by atoms with Crippen LogP contribution < -0.4 is 4.74 Å². The molecular formula is C23H34N2O3S. The number of carbonyl (C=O) groups excluding carboxylic acids is 1. The molecule has 1 aromatic rings. The van der Waals surface area contributed by atoms with Crippen LogP contribution in [0.2, 0.25) is 0 Å². The second kappa shape index (κ2) is 9.27. The van der Waals surface area contributed by atoms with E-state index in [1.165, 1.54) is 12.8 Å². The predicted molar refractivity (Wildman–Crippen MR) is 116 cm³/mol. The maximum Gasteiger partial charge on any atom is 0.232 e. The molecule has 0 N–H and O–H groups in total. The van der Waals surface area contributed by atoms with Gasteiger partial charge in [-0.2, -0.15) is 0 Å². The lowest BCUT2D eigenvalue weighted by molar-refractivity contribution is -0.127. The number of hydrogen-bond acceptors (Lipinski definition) is 5. The molecule has 2 saturated carbocycles. The summed E-state index contributed by atoms with van der Waals surface area (Å²) in [5.41, 5.74) is 0. The van der Waals surface area contributed by atoms with Crippen molar-refractivity contribution in [3.05, 3.63) is 24.3 Å². The van der Waals surface area contributed by atoms with Crippen molar-refractivity contribution in [1.82, 2.24) is 9.80 Å². The van der Waals surface area contributed by atoms with Gasteiger partial charge in [-0.25, -0.2) is 0 Å². The molecule has 4 rings (SSSR count). The van der Waals surface area contributed by atoms with Crippen LogP contribution in [0.25, 0.3) is 0 Å². The number of likely N-dealkylation sites (N-methyl/N-ethyl adjacent to an activating group) is 1. The highest BCUT2D eigenvalue weighted by Crippen LogP contribution is 2.40. The van der Waals surface area contributed by atoms with E-state index in [1.807, 2.05) is 24.3 Å². The molecule has 29 heavy (non-hydrogen) atoms. The van der Waals surface area contributed by atoms with Crippen LogP contribution in [-0.4, -0.2) is 74.5 Å². The van der Waals surface area contributed by atoms with Crippen molar-refractivity contribution in [2.75, 3.05) is 46.7 Å². The Morgan fingerprint density at radius 3 is 2.66 bits per heavy atom. The normalized spacial score (nSPS) is 29.2. The second-order valence-electron chi connectivity index (χ2n) is 9.10. The van der Waals surface area contributed by atoms with Gasteiger partial charge in [0.1, 0.15) is 5.75 Å². The third kappa shape index (κ3) is 5.28. The maximum absolute atomic E-state index is 12.9. The molecule has 2 aliphatic carbocycles. The molecule has 1 saturated heterocycles. The number of hydrogen-bond donors (Lipinski definition) is 0. The molecule has 0 bridgehead atoms. The van der Waals surface area contributed by atoms with Crippen molar-refractivity contribution >= 4 is 17.7 Å². The first kappa shape index (κ1) is 21.0. The minimum Gasteiger partial charge on any atom is -0.497 e. The predicted octanol–water partition coefficient (Wildman–Crippen LogP) is 3.38. The number of rotatable bonds is 8. The van der Waals surface area contributed by atoms with E-state index in [9.17, 15) is 4.79 Å². The fourth-order valence-corrected chi connectivity index (χ4v) is 5.63. The minimum absolute atomic E-state index is 0.254. The first-order valence-corrected chi connectivity index (χ1v) is 11.8. The molecule has 0 radical (unpaired) electrons. The molecule has 4 atom stereocenters. The summed E-state index contributed by atoms with van der Waals surface area (Å²) < 4.78 is 11.6. The van der Waals surface area contributed by atoms with Gasteiger partial charge < -0.3 is 19.3 Å². The van der Waals surface area contributed by atoms with Crippen molar-refractivity contribution in [3.8, 4) is 5.75 Å². The van der Waals surface area contributed by atoms with E-state index < -0.39 is 0 Å². The van der Waals surface area contributed by atoms with Crippen LogP contribution in [0.15, 0.2) is 29.2 Å². The monoisotopic (exact) mass is 418 g/mol. The smallest absolute Gasteiger partial charge is 0.232 e. The van der Waals surface area contributed by atoms with Crippen LogP contribution in [0, 0.1) is 17.8 Å².